The second-order valence-corrected chi connectivity index (χ2v) is 8.11. The molecule has 0 aromatic carbocycles. The Morgan fingerprint density at radius 1 is 1.38 bits per heavy atom. The maximum atomic E-state index is 12.7. The van der Waals surface area contributed by atoms with E-state index in [2.05, 4.69) is 29.9 Å². The average Bonchev–Trinajstić information content (AvgIpc) is 3.10. The third-order valence-corrected chi connectivity index (χ3v) is 4.59. The van der Waals surface area contributed by atoms with Gasteiger partial charge in [0.2, 0.25) is 12.5 Å². The van der Waals surface area contributed by atoms with E-state index in [1.807, 2.05) is 0 Å². The number of carboxylic acid groups (broad SMARTS) is 1. The summed E-state index contributed by atoms with van der Waals surface area (Å²) in [6.45, 7) is -1.49. The number of nitrogens with zero attached hydrogens (tertiary/aromatic N) is 3. The van der Waals surface area contributed by atoms with Crippen molar-refractivity contribution in [2.24, 2.45) is 10.9 Å². The number of carbonyl (C=O) groups is 4. The standard InChI is InChI=1S/C13H16N6O11S2/c14-12-16-5(3-31-12)8(18-29-2-7(20)21)10(22)17-9-6(1-28-13(15)24)19(11(9)23)30-4-32(25,26)27/h3,6,9H,1-2,4H2,(H2,14,16)(H2,15,24)(H,17,22)(H,20,21)(H,25,26,27)/t6-,9-/m0/s1. The Balaban J connectivity index is 2.19. The predicted octanol–water partition coefficient (Wildman–Crippen LogP) is -2.90. The lowest BCUT2D eigenvalue weighted by molar-refractivity contribution is -0.232. The highest BCUT2D eigenvalue weighted by molar-refractivity contribution is 7.85. The number of aromatic nitrogens is 1. The summed E-state index contributed by atoms with van der Waals surface area (Å²) < 4.78 is 35.0. The Bertz CT molecular complexity index is 1040. The van der Waals surface area contributed by atoms with Crippen molar-refractivity contribution in [2.45, 2.75) is 12.1 Å². The second kappa shape index (κ2) is 10.2. The number of ether oxygens (including phenoxy) is 1. The number of primary amides is 1. The maximum absolute atomic E-state index is 12.7. The van der Waals surface area contributed by atoms with Crippen LogP contribution >= 0.6 is 11.3 Å². The topological polar surface area (TPSA) is 263 Å². The number of nitrogen functional groups attached to an aromatic ring is 1. The molecule has 0 saturated carbocycles. The fourth-order valence-corrected chi connectivity index (χ4v) is 3.05. The van der Waals surface area contributed by atoms with Gasteiger partial charge in [-0.2, -0.15) is 8.42 Å². The van der Waals surface area contributed by atoms with E-state index in [4.69, 9.17) is 21.1 Å². The van der Waals surface area contributed by atoms with Gasteiger partial charge in [0.05, 0.1) is 0 Å². The molecule has 7 N–H and O–H groups in total. The normalized spacial score (nSPS) is 18.6. The SMILES string of the molecule is NC(=O)OC[C@H]1[C@H](NC(=O)C(=NOCC(=O)O)c2csc(N)n2)C(=O)N1OCS(=O)(=O)O. The molecule has 2 atom stereocenters. The van der Waals surface area contributed by atoms with Crippen LogP contribution in [0.1, 0.15) is 5.69 Å². The molecule has 17 nitrogen and oxygen atoms in total. The largest absolute Gasteiger partial charge is 0.479 e. The van der Waals surface area contributed by atoms with Gasteiger partial charge in [-0.15, -0.1) is 11.3 Å². The molecule has 2 heterocycles. The van der Waals surface area contributed by atoms with Crippen molar-refractivity contribution in [1.82, 2.24) is 15.4 Å². The zero-order valence-electron chi connectivity index (χ0n) is 15.7. The van der Waals surface area contributed by atoms with E-state index in [9.17, 15) is 27.6 Å². The van der Waals surface area contributed by atoms with Crippen LogP contribution < -0.4 is 16.8 Å². The van der Waals surface area contributed by atoms with Gasteiger partial charge in [-0.05, 0) is 0 Å². The fraction of sp³-hybridized carbons (Fsp3) is 0.385. The lowest BCUT2D eigenvalue weighted by atomic mass is 9.98. The number of hydrogen-bond acceptors (Lipinski definition) is 13. The summed E-state index contributed by atoms with van der Waals surface area (Å²) in [7, 11) is -4.62. The summed E-state index contributed by atoms with van der Waals surface area (Å²) in [6, 6.07) is -2.65. The van der Waals surface area contributed by atoms with E-state index in [1.165, 1.54) is 5.38 Å². The van der Waals surface area contributed by atoms with Crippen LogP contribution in [0, 0.1) is 0 Å². The lowest BCUT2D eigenvalue weighted by Gasteiger charge is -2.44. The van der Waals surface area contributed by atoms with Crippen molar-refractivity contribution in [3.8, 4) is 0 Å². The monoisotopic (exact) mass is 496 g/mol. The number of rotatable bonds is 11. The molecule has 1 aliphatic rings. The smallest absolute Gasteiger partial charge is 0.404 e. The number of aliphatic carboxylic acids is 1. The van der Waals surface area contributed by atoms with Gasteiger partial charge in [0, 0.05) is 5.38 Å². The Kier molecular flexibility index (Phi) is 7.86. The van der Waals surface area contributed by atoms with Crippen LogP contribution in [0.25, 0.3) is 0 Å². The van der Waals surface area contributed by atoms with E-state index in [1.54, 1.807) is 0 Å². The number of anilines is 1. The van der Waals surface area contributed by atoms with Crippen molar-refractivity contribution < 1.29 is 51.7 Å². The molecule has 32 heavy (non-hydrogen) atoms. The van der Waals surface area contributed by atoms with E-state index in [-0.39, 0.29) is 10.8 Å². The zero-order chi connectivity index (χ0) is 24.1. The number of hydrogen-bond donors (Lipinski definition) is 5. The third-order valence-electron chi connectivity index (χ3n) is 3.52. The molecule has 0 unspecified atom stereocenters. The number of hydroxylamine groups is 2. The highest BCUT2D eigenvalue weighted by Gasteiger charge is 2.51. The first-order valence-corrected chi connectivity index (χ1v) is 10.6. The summed E-state index contributed by atoms with van der Waals surface area (Å²) >= 11 is 0.937. The Morgan fingerprint density at radius 2 is 2.06 bits per heavy atom. The van der Waals surface area contributed by atoms with Gasteiger partial charge >= 0.3 is 12.1 Å². The first-order chi connectivity index (χ1) is 14.9. The van der Waals surface area contributed by atoms with Crippen LogP contribution in [0.2, 0.25) is 0 Å². The van der Waals surface area contributed by atoms with Gasteiger partial charge in [0.25, 0.3) is 21.9 Å². The highest BCUT2D eigenvalue weighted by Crippen LogP contribution is 2.22. The Morgan fingerprint density at radius 3 is 2.59 bits per heavy atom. The molecule has 19 heteroatoms. The van der Waals surface area contributed by atoms with Gasteiger partial charge in [-0.3, -0.25) is 19.0 Å². The van der Waals surface area contributed by atoms with Crippen molar-refractivity contribution in [1.29, 1.82) is 0 Å². The third kappa shape index (κ3) is 6.73. The number of oxime groups is 1. The van der Waals surface area contributed by atoms with E-state index in [0.29, 0.717) is 5.06 Å². The summed E-state index contributed by atoms with van der Waals surface area (Å²) in [5.41, 5.74) is 9.75. The number of amides is 3. The number of thiazole rings is 1. The van der Waals surface area contributed by atoms with Crippen LogP contribution in [0.5, 0.6) is 0 Å². The van der Waals surface area contributed by atoms with Gasteiger partial charge in [0.1, 0.15) is 24.4 Å². The molecule has 1 aromatic rings. The minimum absolute atomic E-state index is 0.0518. The predicted molar refractivity (Wildman–Crippen MR) is 102 cm³/mol. The molecular weight excluding hydrogens is 480 g/mol. The molecule has 1 aliphatic heterocycles. The van der Waals surface area contributed by atoms with Crippen LogP contribution in [0.4, 0.5) is 9.93 Å². The number of carboxylic acids is 1. The number of carbonyl (C=O) groups excluding carboxylic acids is 3. The first kappa shape index (κ1) is 24.7. The van der Waals surface area contributed by atoms with Crippen LogP contribution in [0.15, 0.2) is 10.5 Å². The summed E-state index contributed by atoms with van der Waals surface area (Å²) in [6.07, 6.45) is -1.23. The van der Waals surface area contributed by atoms with Gasteiger partial charge < -0.3 is 31.5 Å². The first-order valence-electron chi connectivity index (χ1n) is 8.16. The molecule has 0 radical (unpaired) electrons. The molecule has 1 aromatic heterocycles. The van der Waals surface area contributed by atoms with Crippen molar-refractivity contribution >= 4 is 56.2 Å². The Hall–Kier alpha value is -3.55. The quantitative estimate of drug-likeness (QED) is 0.0891. The molecular formula is C13H16N6O11S2. The van der Waals surface area contributed by atoms with Crippen LogP contribution in [-0.4, -0.2) is 88.9 Å². The Labute approximate surface area is 182 Å². The molecule has 1 saturated heterocycles. The molecule has 1 fully saturated rings. The number of nitrogens with one attached hydrogen (secondary N) is 1. The van der Waals surface area contributed by atoms with Crippen molar-refractivity contribution in [3.63, 3.8) is 0 Å². The molecule has 3 amide bonds. The molecule has 176 valence electrons. The molecule has 0 spiro atoms. The van der Waals surface area contributed by atoms with E-state index < -0.39 is 70.9 Å². The number of β-lactam (4-membered cyclic amide) rings is 1. The minimum atomic E-state index is -4.62. The van der Waals surface area contributed by atoms with Gasteiger partial charge in [-0.25, -0.2) is 19.6 Å². The van der Waals surface area contributed by atoms with Gasteiger partial charge in [0.15, 0.2) is 10.8 Å². The minimum Gasteiger partial charge on any atom is -0.479 e. The van der Waals surface area contributed by atoms with Crippen molar-refractivity contribution in [2.75, 3.05) is 24.9 Å². The second-order valence-electron chi connectivity index (χ2n) is 5.82. The van der Waals surface area contributed by atoms with E-state index >= 15 is 0 Å². The molecule has 0 bridgehead atoms. The van der Waals surface area contributed by atoms with Gasteiger partial charge in [-0.1, -0.05) is 5.16 Å². The van der Waals surface area contributed by atoms with E-state index in [0.717, 1.165) is 11.3 Å². The van der Waals surface area contributed by atoms with Crippen molar-refractivity contribution in [3.05, 3.63) is 11.1 Å². The molecule has 0 aliphatic carbocycles. The zero-order valence-corrected chi connectivity index (χ0v) is 17.4. The summed E-state index contributed by atoms with van der Waals surface area (Å²) in [5, 5.41) is 16.1. The lowest BCUT2D eigenvalue weighted by Crippen LogP contribution is -2.72. The maximum Gasteiger partial charge on any atom is 0.404 e. The average molecular weight is 496 g/mol. The van der Waals surface area contributed by atoms with Crippen LogP contribution in [-0.2, 0) is 38.9 Å². The molecule has 2 rings (SSSR count). The highest BCUT2D eigenvalue weighted by atomic mass is 32.2. The number of nitrogens with two attached hydrogens (primary N) is 2. The summed E-state index contributed by atoms with van der Waals surface area (Å²) in [4.78, 5) is 59.5. The van der Waals surface area contributed by atoms with Crippen LogP contribution in [0.3, 0.4) is 0 Å². The fourth-order valence-electron chi connectivity index (χ4n) is 2.25. The summed E-state index contributed by atoms with van der Waals surface area (Å²) in [5.74, 6) is -4.70.